The van der Waals surface area contributed by atoms with E-state index in [2.05, 4.69) is 10.6 Å². The van der Waals surface area contributed by atoms with E-state index >= 15 is 0 Å². The van der Waals surface area contributed by atoms with Crippen molar-refractivity contribution in [1.29, 1.82) is 0 Å². The van der Waals surface area contributed by atoms with Gasteiger partial charge in [0, 0.05) is 5.56 Å². The second kappa shape index (κ2) is 8.82. The van der Waals surface area contributed by atoms with Crippen LogP contribution in [0.1, 0.15) is 27.6 Å². The zero-order valence-electron chi connectivity index (χ0n) is 14.2. The largest absolute Gasteiger partial charge is 0.495 e. The molecule has 0 aliphatic heterocycles. The molecule has 0 spiro atoms. The van der Waals surface area contributed by atoms with E-state index in [4.69, 9.17) is 26.8 Å². The van der Waals surface area contributed by atoms with E-state index < -0.39 is 11.9 Å². The van der Waals surface area contributed by atoms with Crippen molar-refractivity contribution in [3.05, 3.63) is 53.6 Å². The minimum absolute atomic E-state index is 0.0117. The molecule has 136 valence electrons. The van der Waals surface area contributed by atoms with Crippen molar-refractivity contribution in [3.8, 4) is 11.5 Å². The van der Waals surface area contributed by atoms with Gasteiger partial charge in [0.05, 0.1) is 25.0 Å². The number of nitrogens with one attached hydrogen (secondary N) is 2. The molecular weight excluding hydrogens is 356 g/mol. The summed E-state index contributed by atoms with van der Waals surface area (Å²) < 4.78 is 10.5. The van der Waals surface area contributed by atoms with Crippen LogP contribution in [0.2, 0.25) is 0 Å². The van der Waals surface area contributed by atoms with Gasteiger partial charge in [-0.1, -0.05) is 6.07 Å². The van der Waals surface area contributed by atoms with E-state index in [1.54, 1.807) is 24.3 Å². The van der Waals surface area contributed by atoms with Crippen LogP contribution in [0.15, 0.2) is 42.5 Å². The third-order valence-electron chi connectivity index (χ3n) is 3.33. The Kier molecular flexibility index (Phi) is 6.51. The second-order valence-electron chi connectivity index (χ2n) is 5.09. The molecule has 26 heavy (non-hydrogen) atoms. The Labute approximate surface area is 155 Å². The molecule has 0 heterocycles. The van der Waals surface area contributed by atoms with Gasteiger partial charge >= 0.3 is 5.97 Å². The topological polar surface area (TPSA) is 96.9 Å². The van der Waals surface area contributed by atoms with Crippen LogP contribution < -0.4 is 20.1 Å². The van der Waals surface area contributed by atoms with Crippen molar-refractivity contribution in [1.82, 2.24) is 5.32 Å². The molecular formula is C18H18N2O5S. The summed E-state index contributed by atoms with van der Waals surface area (Å²) in [6.45, 7) is 2.34. The number of hydrogen-bond donors (Lipinski definition) is 3. The molecule has 8 heteroatoms. The van der Waals surface area contributed by atoms with Gasteiger partial charge in [0.25, 0.3) is 5.91 Å². The molecule has 0 bridgehead atoms. The zero-order chi connectivity index (χ0) is 19.1. The number of benzene rings is 2. The van der Waals surface area contributed by atoms with Crippen LogP contribution >= 0.6 is 12.2 Å². The maximum absolute atomic E-state index is 12.3. The molecule has 7 nitrogen and oxygen atoms in total. The van der Waals surface area contributed by atoms with Crippen LogP contribution in [0.4, 0.5) is 5.69 Å². The monoisotopic (exact) mass is 374 g/mol. The third kappa shape index (κ3) is 4.93. The summed E-state index contributed by atoms with van der Waals surface area (Å²) in [7, 11) is 1.45. The van der Waals surface area contributed by atoms with Gasteiger partial charge in [-0.3, -0.25) is 10.1 Å². The number of amides is 1. The van der Waals surface area contributed by atoms with Crippen molar-refractivity contribution in [2.24, 2.45) is 0 Å². The van der Waals surface area contributed by atoms with Crippen molar-refractivity contribution in [3.63, 3.8) is 0 Å². The minimum atomic E-state index is -1.08. The first-order valence-corrected chi connectivity index (χ1v) is 8.12. The van der Waals surface area contributed by atoms with E-state index in [0.717, 1.165) is 0 Å². The fraction of sp³-hybridized carbons (Fsp3) is 0.167. The van der Waals surface area contributed by atoms with E-state index in [1.807, 2.05) is 6.92 Å². The quantitative estimate of drug-likeness (QED) is 0.669. The average molecular weight is 374 g/mol. The highest BCUT2D eigenvalue weighted by Crippen LogP contribution is 2.25. The Hall–Kier alpha value is -3.13. The van der Waals surface area contributed by atoms with Crippen molar-refractivity contribution >= 4 is 34.9 Å². The SMILES string of the molecule is CCOc1cccc(C(=O)NC(=S)Nc2cc(C(=O)O)ccc2OC)c1. The zero-order valence-corrected chi connectivity index (χ0v) is 15.1. The lowest BCUT2D eigenvalue weighted by Gasteiger charge is -2.13. The highest BCUT2D eigenvalue weighted by molar-refractivity contribution is 7.80. The van der Waals surface area contributed by atoms with Crippen LogP contribution in [-0.4, -0.2) is 35.8 Å². The second-order valence-corrected chi connectivity index (χ2v) is 5.50. The predicted octanol–water partition coefficient (Wildman–Crippen LogP) is 2.92. The van der Waals surface area contributed by atoms with Crippen molar-refractivity contribution in [2.45, 2.75) is 6.92 Å². The van der Waals surface area contributed by atoms with Gasteiger partial charge < -0.3 is 19.9 Å². The maximum atomic E-state index is 12.3. The van der Waals surface area contributed by atoms with Crippen molar-refractivity contribution in [2.75, 3.05) is 19.0 Å². The van der Waals surface area contributed by atoms with Gasteiger partial charge in [0.2, 0.25) is 0 Å². The molecule has 0 radical (unpaired) electrons. The molecule has 0 saturated heterocycles. The Morgan fingerprint density at radius 3 is 2.58 bits per heavy atom. The number of carboxylic acids is 1. The van der Waals surface area contributed by atoms with E-state index in [1.165, 1.54) is 25.3 Å². The number of methoxy groups -OCH3 is 1. The number of thiocarbonyl (C=S) groups is 1. The van der Waals surface area contributed by atoms with Gasteiger partial charge in [0.1, 0.15) is 11.5 Å². The summed E-state index contributed by atoms with van der Waals surface area (Å²) in [5.41, 5.74) is 0.777. The Bertz CT molecular complexity index is 838. The number of carbonyl (C=O) groups excluding carboxylic acids is 1. The summed E-state index contributed by atoms with van der Waals surface area (Å²) in [5.74, 6) is -0.532. The molecule has 1 amide bonds. The minimum Gasteiger partial charge on any atom is -0.495 e. The number of carboxylic acid groups (broad SMARTS) is 1. The maximum Gasteiger partial charge on any atom is 0.335 e. The van der Waals surface area contributed by atoms with Crippen molar-refractivity contribution < 1.29 is 24.2 Å². The lowest BCUT2D eigenvalue weighted by atomic mass is 10.2. The number of ether oxygens (including phenoxy) is 2. The van der Waals surface area contributed by atoms with Crippen LogP contribution in [0.3, 0.4) is 0 Å². The normalized spacial score (nSPS) is 9.92. The molecule has 0 saturated carbocycles. The summed E-state index contributed by atoms with van der Waals surface area (Å²) in [6.07, 6.45) is 0. The lowest BCUT2D eigenvalue weighted by Crippen LogP contribution is -2.34. The molecule has 0 aromatic heterocycles. The number of aromatic carboxylic acids is 1. The van der Waals surface area contributed by atoms with Gasteiger partial charge in [-0.25, -0.2) is 4.79 Å². The molecule has 0 fully saturated rings. The van der Waals surface area contributed by atoms with Crippen LogP contribution in [0.25, 0.3) is 0 Å². The Balaban J connectivity index is 2.11. The van der Waals surface area contributed by atoms with Crippen LogP contribution in [-0.2, 0) is 0 Å². The first-order valence-electron chi connectivity index (χ1n) is 7.71. The Morgan fingerprint density at radius 1 is 1.15 bits per heavy atom. The predicted molar refractivity (Wildman–Crippen MR) is 101 cm³/mol. The number of carbonyl (C=O) groups is 2. The fourth-order valence-corrected chi connectivity index (χ4v) is 2.36. The molecule has 0 unspecified atom stereocenters. The molecule has 3 N–H and O–H groups in total. The summed E-state index contributed by atoms with van der Waals surface area (Å²) in [6, 6.07) is 11.0. The first kappa shape index (κ1) is 19.2. The molecule has 0 aliphatic rings. The van der Waals surface area contributed by atoms with Gasteiger partial charge in [-0.2, -0.15) is 0 Å². The Morgan fingerprint density at radius 2 is 1.92 bits per heavy atom. The number of hydrogen-bond acceptors (Lipinski definition) is 5. The van der Waals surface area contributed by atoms with Crippen LogP contribution in [0.5, 0.6) is 11.5 Å². The number of anilines is 1. The third-order valence-corrected chi connectivity index (χ3v) is 3.53. The smallest absolute Gasteiger partial charge is 0.335 e. The summed E-state index contributed by atoms with van der Waals surface area (Å²) >= 11 is 5.14. The van der Waals surface area contributed by atoms with Gasteiger partial charge in [-0.05, 0) is 55.5 Å². The standard InChI is InChI=1S/C18H18N2O5S/c1-3-25-13-6-4-5-11(9-13)16(21)20-18(26)19-14-10-12(17(22)23)7-8-15(14)24-2/h4-10H,3H2,1-2H3,(H,22,23)(H2,19,20,21,26). The highest BCUT2D eigenvalue weighted by Gasteiger charge is 2.13. The molecule has 0 atom stereocenters. The average Bonchev–Trinajstić information content (AvgIpc) is 2.62. The highest BCUT2D eigenvalue weighted by atomic mass is 32.1. The van der Waals surface area contributed by atoms with E-state index in [-0.39, 0.29) is 10.7 Å². The van der Waals surface area contributed by atoms with E-state index in [0.29, 0.717) is 29.4 Å². The summed E-state index contributed by atoms with van der Waals surface area (Å²) in [5, 5.41) is 14.4. The van der Waals surface area contributed by atoms with E-state index in [9.17, 15) is 9.59 Å². The van der Waals surface area contributed by atoms with Crippen LogP contribution in [0, 0.1) is 0 Å². The molecule has 2 rings (SSSR count). The first-order chi connectivity index (χ1) is 12.4. The lowest BCUT2D eigenvalue weighted by molar-refractivity contribution is 0.0696. The number of rotatable bonds is 6. The molecule has 2 aromatic carbocycles. The van der Waals surface area contributed by atoms with Gasteiger partial charge in [-0.15, -0.1) is 0 Å². The fourth-order valence-electron chi connectivity index (χ4n) is 2.16. The molecule has 0 aliphatic carbocycles. The van der Waals surface area contributed by atoms with Gasteiger partial charge in [0.15, 0.2) is 5.11 Å². The molecule has 2 aromatic rings. The summed E-state index contributed by atoms with van der Waals surface area (Å²) in [4.78, 5) is 23.4.